The van der Waals surface area contributed by atoms with Gasteiger partial charge < -0.3 is 4.74 Å². The summed E-state index contributed by atoms with van der Waals surface area (Å²) in [7, 11) is 1.26. The number of ether oxygens (including phenoxy) is 1. The molecule has 0 aromatic heterocycles. The molecule has 0 N–H and O–H groups in total. The lowest BCUT2D eigenvalue weighted by Crippen LogP contribution is -2.33. The molecule has 0 spiro atoms. The van der Waals surface area contributed by atoms with E-state index in [0.29, 0.717) is 5.71 Å². The van der Waals surface area contributed by atoms with Gasteiger partial charge in [0.15, 0.2) is 0 Å². The number of rotatable bonds is 2. The predicted octanol–water partition coefficient (Wildman–Crippen LogP) is 0.890. The number of amidine groups is 1. The van der Waals surface area contributed by atoms with Gasteiger partial charge >= 0.3 is 5.97 Å². The van der Waals surface area contributed by atoms with E-state index in [0.717, 1.165) is 0 Å². The first kappa shape index (κ1) is 11.7. The van der Waals surface area contributed by atoms with E-state index in [-0.39, 0.29) is 17.3 Å². The van der Waals surface area contributed by atoms with Gasteiger partial charge in [-0.1, -0.05) is 12.2 Å². The lowest BCUT2D eigenvalue weighted by molar-refractivity contribution is -0.137. The minimum absolute atomic E-state index is 0.0626. The van der Waals surface area contributed by atoms with Crippen LogP contribution in [-0.4, -0.2) is 36.4 Å². The fourth-order valence-corrected chi connectivity index (χ4v) is 1.81. The van der Waals surface area contributed by atoms with Crippen molar-refractivity contribution in [1.29, 1.82) is 0 Å². The van der Waals surface area contributed by atoms with Crippen molar-refractivity contribution < 1.29 is 14.3 Å². The Morgan fingerprint density at radius 2 is 2.29 bits per heavy atom. The summed E-state index contributed by atoms with van der Waals surface area (Å²) < 4.78 is 4.62. The zero-order valence-corrected chi connectivity index (χ0v) is 9.77. The van der Waals surface area contributed by atoms with Crippen LogP contribution >= 0.6 is 11.6 Å². The maximum atomic E-state index is 11.8. The average molecular weight is 253 g/mol. The Bertz CT molecular complexity index is 503. The summed E-state index contributed by atoms with van der Waals surface area (Å²) in [4.78, 5) is 31.2. The third kappa shape index (κ3) is 2.06. The lowest BCUT2D eigenvalue weighted by Gasteiger charge is -2.21. The number of aliphatic imine (C=N–C) groups is 2. The smallest absolute Gasteiger partial charge is 0.334 e. The SMILES string of the molecule is COC(=O)C1=CC=CC2=NC(CCl)=NC(=O)C12. The molecule has 2 aliphatic rings. The second kappa shape index (κ2) is 4.63. The number of hydrogen-bond acceptors (Lipinski definition) is 4. The van der Waals surface area contributed by atoms with Crippen molar-refractivity contribution >= 4 is 35.0 Å². The molecule has 1 unspecified atom stereocenters. The molecule has 0 radical (unpaired) electrons. The van der Waals surface area contributed by atoms with E-state index in [4.69, 9.17) is 11.6 Å². The third-order valence-corrected chi connectivity index (χ3v) is 2.67. The van der Waals surface area contributed by atoms with E-state index in [2.05, 4.69) is 14.7 Å². The van der Waals surface area contributed by atoms with Crippen molar-refractivity contribution in [3.8, 4) is 0 Å². The fraction of sp³-hybridized carbons (Fsp3) is 0.273. The Morgan fingerprint density at radius 1 is 1.53 bits per heavy atom. The lowest BCUT2D eigenvalue weighted by atomic mass is 9.88. The summed E-state index contributed by atoms with van der Waals surface area (Å²) in [6, 6.07) is 0. The van der Waals surface area contributed by atoms with Gasteiger partial charge in [0, 0.05) is 0 Å². The van der Waals surface area contributed by atoms with Crippen molar-refractivity contribution in [2.45, 2.75) is 0 Å². The van der Waals surface area contributed by atoms with Gasteiger partial charge in [0.2, 0.25) is 0 Å². The molecule has 2 rings (SSSR count). The van der Waals surface area contributed by atoms with Crippen LogP contribution in [0.15, 0.2) is 33.8 Å². The van der Waals surface area contributed by atoms with E-state index in [1.807, 2.05) is 0 Å². The first-order valence-corrected chi connectivity index (χ1v) is 5.43. The number of carbonyl (C=O) groups excluding carboxylic acids is 2. The molecular formula is C11H9ClN2O3. The van der Waals surface area contributed by atoms with Crippen LogP contribution in [0.25, 0.3) is 0 Å². The van der Waals surface area contributed by atoms with Crippen molar-refractivity contribution in [2.24, 2.45) is 15.9 Å². The van der Waals surface area contributed by atoms with E-state index in [9.17, 15) is 9.59 Å². The van der Waals surface area contributed by atoms with Crippen molar-refractivity contribution in [3.63, 3.8) is 0 Å². The Balaban J connectivity index is 2.40. The molecule has 0 saturated heterocycles. The molecular weight excluding hydrogens is 244 g/mol. The summed E-state index contributed by atoms with van der Waals surface area (Å²) >= 11 is 5.58. The summed E-state index contributed by atoms with van der Waals surface area (Å²) in [6.07, 6.45) is 4.84. The number of amides is 1. The number of hydrogen-bond donors (Lipinski definition) is 0. The zero-order chi connectivity index (χ0) is 12.4. The number of halogens is 1. The molecule has 0 aromatic carbocycles. The number of esters is 1. The quantitative estimate of drug-likeness (QED) is 0.541. The zero-order valence-electron chi connectivity index (χ0n) is 9.01. The van der Waals surface area contributed by atoms with Gasteiger partial charge in [0.25, 0.3) is 5.91 Å². The first-order chi connectivity index (χ1) is 8.17. The van der Waals surface area contributed by atoms with Crippen molar-refractivity contribution in [1.82, 2.24) is 0 Å². The molecule has 1 aliphatic heterocycles. The Morgan fingerprint density at radius 3 is 2.94 bits per heavy atom. The van der Waals surface area contributed by atoms with E-state index >= 15 is 0 Å². The normalized spacial score (nSPS) is 22.4. The number of alkyl halides is 1. The summed E-state index contributed by atoms with van der Waals surface area (Å²) in [5.74, 6) is -1.43. The number of carbonyl (C=O) groups is 2. The standard InChI is InChI=1S/C11H9ClN2O3/c1-17-11(16)6-3-2-4-7-9(6)10(15)14-8(5-12)13-7/h2-4,9H,5H2,1H3. The van der Waals surface area contributed by atoms with Crippen molar-refractivity contribution in [2.75, 3.05) is 13.0 Å². The van der Waals surface area contributed by atoms with Crippen molar-refractivity contribution in [3.05, 3.63) is 23.8 Å². The monoisotopic (exact) mass is 252 g/mol. The van der Waals surface area contributed by atoms with Crippen LogP contribution in [-0.2, 0) is 14.3 Å². The van der Waals surface area contributed by atoms with Crippen LogP contribution in [0.4, 0.5) is 0 Å². The highest BCUT2D eigenvalue weighted by atomic mass is 35.5. The average Bonchev–Trinajstić information content (AvgIpc) is 2.36. The highest BCUT2D eigenvalue weighted by Gasteiger charge is 2.35. The number of fused-ring (bicyclic) bond motifs is 1. The molecule has 1 heterocycles. The molecule has 0 bridgehead atoms. The third-order valence-electron chi connectivity index (χ3n) is 2.43. The van der Waals surface area contributed by atoms with Crippen LogP contribution in [0.1, 0.15) is 0 Å². The summed E-state index contributed by atoms with van der Waals surface area (Å²) in [6.45, 7) is 0. The highest BCUT2D eigenvalue weighted by molar-refractivity contribution is 6.33. The van der Waals surface area contributed by atoms with Gasteiger partial charge in [0.1, 0.15) is 11.8 Å². The van der Waals surface area contributed by atoms with Crippen LogP contribution in [0.2, 0.25) is 0 Å². The molecule has 0 aromatic rings. The molecule has 0 fully saturated rings. The summed E-state index contributed by atoms with van der Waals surface area (Å²) in [5.41, 5.74) is 0.722. The summed E-state index contributed by atoms with van der Waals surface area (Å²) in [5, 5.41) is 0. The molecule has 17 heavy (non-hydrogen) atoms. The van der Waals surface area contributed by atoms with Gasteiger partial charge in [-0.3, -0.25) is 4.79 Å². The largest absolute Gasteiger partial charge is 0.466 e. The predicted molar refractivity (Wildman–Crippen MR) is 63.3 cm³/mol. The Kier molecular flexibility index (Phi) is 3.19. The topological polar surface area (TPSA) is 68.1 Å². The first-order valence-electron chi connectivity index (χ1n) is 4.90. The minimum Gasteiger partial charge on any atom is -0.466 e. The van der Waals surface area contributed by atoms with E-state index in [1.54, 1.807) is 12.2 Å². The van der Waals surface area contributed by atoms with Gasteiger partial charge in [-0.25, -0.2) is 9.79 Å². The van der Waals surface area contributed by atoms with Crippen LogP contribution in [0.3, 0.4) is 0 Å². The van der Waals surface area contributed by atoms with Gasteiger partial charge in [0.05, 0.1) is 24.3 Å². The molecule has 1 atom stereocenters. The molecule has 88 valence electrons. The second-order valence-electron chi connectivity index (χ2n) is 3.44. The van der Waals surface area contributed by atoms with Crippen LogP contribution in [0.5, 0.6) is 0 Å². The molecule has 6 heteroatoms. The van der Waals surface area contributed by atoms with Gasteiger partial charge in [-0.15, -0.1) is 11.6 Å². The highest BCUT2D eigenvalue weighted by Crippen LogP contribution is 2.24. The second-order valence-corrected chi connectivity index (χ2v) is 3.71. The molecule has 1 aliphatic carbocycles. The Labute approximate surface area is 103 Å². The number of allylic oxidation sites excluding steroid dienone is 3. The van der Waals surface area contributed by atoms with Crippen LogP contribution < -0.4 is 0 Å². The Hall–Kier alpha value is -1.75. The molecule has 5 nitrogen and oxygen atoms in total. The van der Waals surface area contributed by atoms with Crippen LogP contribution in [0, 0.1) is 5.92 Å². The minimum atomic E-state index is -0.764. The van der Waals surface area contributed by atoms with E-state index in [1.165, 1.54) is 13.2 Å². The van der Waals surface area contributed by atoms with Gasteiger partial charge in [-0.2, -0.15) is 4.99 Å². The maximum absolute atomic E-state index is 11.8. The van der Waals surface area contributed by atoms with Gasteiger partial charge in [-0.05, 0) is 6.08 Å². The number of methoxy groups -OCH3 is 1. The molecule has 0 saturated carbocycles. The van der Waals surface area contributed by atoms with E-state index < -0.39 is 17.8 Å². The molecule has 1 amide bonds. The fourth-order valence-electron chi connectivity index (χ4n) is 1.69. The maximum Gasteiger partial charge on any atom is 0.334 e. The number of nitrogens with zero attached hydrogens (tertiary/aromatic N) is 2.